The summed E-state index contributed by atoms with van der Waals surface area (Å²) in [6.45, 7) is 4.16. The lowest BCUT2D eigenvalue weighted by Crippen LogP contribution is -2.39. The second-order valence-electron chi connectivity index (χ2n) is 4.36. The van der Waals surface area contributed by atoms with Crippen LogP contribution in [0.5, 0.6) is 0 Å². The van der Waals surface area contributed by atoms with E-state index >= 15 is 0 Å². The van der Waals surface area contributed by atoms with Crippen LogP contribution in [0.1, 0.15) is 19.8 Å². The largest absolute Gasteiger partial charge is 0.479 e. The molecular formula is C12H21NO8. The minimum atomic E-state index is -2.27. The number of aliphatic hydroxyl groups is 2. The number of carboxylic acids is 2. The zero-order valence-corrected chi connectivity index (χ0v) is 11.7. The Morgan fingerprint density at radius 1 is 1.19 bits per heavy atom. The number of carbonyl (C=O) groups is 3. The highest BCUT2D eigenvalue weighted by Crippen LogP contribution is 2.11. The predicted molar refractivity (Wildman–Crippen MR) is 69.5 cm³/mol. The van der Waals surface area contributed by atoms with Gasteiger partial charge in [0, 0.05) is 6.54 Å². The highest BCUT2D eigenvalue weighted by Gasteiger charge is 2.29. The lowest BCUT2D eigenvalue weighted by Gasteiger charge is -2.20. The van der Waals surface area contributed by atoms with E-state index in [1.165, 1.54) is 0 Å². The standard InChI is InChI=1S/C8H15NO2.C4H6O6/c1-2-11-8(10)7-4-3-5-9-6-7;5-1(3(7)8)2(6)4(9)10/h7,9H,2-6H2,1H3;1-2,5-6H,(H,7,8)(H,9,10)/t7-;1-,2?/m10/s1. The number of esters is 1. The summed E-state index contributed by atoms with van der Waals surface area (Å²) in [7, 11) is 0. The van der Waals surface area contributed by atoms with Crippen LogP contribution < -0.4 is 5.32 Å². The summed E-state index contributed by atoms with van der Waals surface area (Å²) in [6.07, 6.45) is -2.47. The van der Waals surface area contributed by atoms with Crippen LogP contribution in [0.25, 0.3) is 0 Å². The third-order valence-corrected chi connectivity index (χ3v) is 2.72. The minimum Gasteiger partial charge on any atom is -0.479 e. The first-order valence-corrected chi connectivity index (χ1v) is 6.50. The molecule has 0 amide bonds. The molecule has 1 aliphatic heterocycles. The molecule has 0 aromatic carbocycles. The van der Waals surface area contributed by atoms with Crippen molar-refractivity contribution in [3.8, 4) is 0 Å². The van der Waals surface area contributed by atoms with Crippen molar-refractivity contribution in [1.29, 1.82) is 0 Å². The van der Waals surface area contributed by atoms with E-state index in [9.17, 15) is 14.4 Å². The van der Waals surface area contributed by atoms with Gasteiger partial charge in [-0.15, -0.1) is 0 Å². The van der Waals surface area contributed by atoms with Crippen LogP contribution in [-0.2, 0) is 19.1 Å². The molecule has 9 heteroatoms. The molecule has 5 N–H and O–H groups in total. The fourth-order valence-electron chi connectivity index (χ4n) is 1.58. The van der Waals surface area contributed by atoms with Crippen LogP contribution >= 0.6 is 0 Å². The Balaban J connectivity index is 0.000000384. The number of aliphatic hydroxyl groups excluding tert-OH is 2. The maximum absolute atomic E-state index is 11.1. The van der Waals surface area contributed by atoms with Gasteiger partial charge in [-0.25, -0.2) is 9.59 Å². The first-order valence-electron chi connectivity index (χ1n) is 6.50. The second-order valence-corrected chi connectivity index (χ2v) is 4.36. The zero-order valence-electron chi connectivity index (χ0n) is 11.7. The highest BCUT2D eigenvalue weighted by atomic mass is 16.5. The monoisotopic (exact) mass is 307 g/mol. The van der Waals surface area contributed by atoms with Gasteiger partial charge in [0.1, 0.15) is 0 Å². The molecule has 1 rings (SSSR count). The molecule has 0 aliphatic carbocycles. The maximum atomic E-state index is 11.1. The van der Waals surface area contributed by atoms with Crippen molar-refractivity contribution in [3.63, 3.8) is 0 Å². The van der Waals surface area contributed by atoms with E-state index in [0.717, 1.165) is 25.9 Å². The number of rotatable bonds is 5. The average Bonchev–Trinajstić information content (AvgIpc) is 2.47. The molecule has 3 atom stereocenters. The first-order chi connectivity index (χ1) is 9.81. The summed E-state index contributed by atoms with van der Waals surface area (Å²) >= 11 is 0. The van der Waals surface area contributed by atoms with Gasteiger partial charge in [0.05, 0.1) is 12.5 Å². The molecule has 0 aromatic rings. The van der Waals surface area contributed by atoms with Gasteiger partial charge >= 0.3 is 17.9 Å². The lowest BCUT2D eigenvalue weighted by molar-refractivity contribution is -0.165. The number of piperidine rings is 1. The van der Waals surface area contributed by atoms with E-state index in [2.05, 4.69) is 5.32 Å². The minimum absolute atomic E-state index is 0.0419. The number of carbonyl (C=O) groups excluding carboxylic acids is 1. The SMILES string of the molecule is CCOC(=O)[C@@H]1CCCNC1.O=C(O)C(O)[C@H](O)C(=O)O. The van der Waals surface area contributed by atoms with Gasteiger partial charge in [0.15, 0.2) is 12.2 Å². The summed E-state index contributed by atoms with van der Waals surface area (Å²) < 4.78 is 4.90. The molecular weight excluding hydrogens is 286 g/mol. The Hall–Kier alpha value is -1.71. The van der Waals surface area contributed by atoms with Crippen LogP contribution in [-0.4, -0.2) is 70.2 Å². The van der Waals surface area contributed by atoms with Crippen molar-refractivity contribution in [2.24, 2.45) is 5.92 Å². The van der Waals surface area contributed by atoms with Crippen molar-refractivity contribution in [2.45, 2.75) is 32.0 Å². The van der Waals surface area contributed by atoms with E-state index in [1.807, 2.05) is 6.92 Å². The molecule has 1 fully saturated rings. The molecule has 0 aromatic heterocycles. The molecule has 1 heterocycles. The molecule has 9 nitrogen and oxygen atoms in total. The van der Waals surface area contributed by atoms with Gasteiger partial charge in [0.25, 0.3) is 0 Å². The Bertz CT molecular complexity index is 335. The maximum Gasteiger partial charge on any atom is 0.335 e. The van der Waals surface area contributed by atoms with E-state index in [-0.39, 0.29) is 11.9 Å². The molecule has 0 bridgehead atoms. The molecule has 1 saturated heterocycles. The lowest BCUT2D eigenvalue weighted by atomic mass is 10.0. The summed E-state index contributed by atoms with van der Waals surface area (Å²) in [4.78, 5) is 30.7. The Kier molecular flexibility index (Phi) is 9.26. The van der Waals surface area contributed by atoms with Gasteiger partial charge in [-0.05, 0) is 26.3 Å². The summed E-state index contributed by atoms with van der Waals surface area (Å²) in [5.74, 6) is -3.48. The molecule has 21 heavy (non-hydrogen) atoms. The number of nitrogens with one attached hydrogen (secondary N) is 1. The molecule has 1 unspecified atom stereocenters. The van der Waals surface area contributed by atoms with Crippen molar-refractivity contribution in [1.82, 2.24) is 5.32 Å². The Morgan fingerprint density at radius 2 is 1.71 bits per heavy atom. The van der Waals surface area contributed by atoms with Crippen molar-refractivity contribution < 1.29 is 39.5 Å². The molecule has 0 saturated carbocycles. The Morgan fingerprint density at radius 3 is 2.05 bits per heavy atom. The van der Waals surface area contributed by atoms with Crippen molar-refractivity contribution in [2.75, 3.05) is 19.7 Å². The fourth-order valence-corrected chi connectivity index (χ4v) is 1.58. The molecule has 1 aliphatic rings. The molecule has 0 radical (unpaired) electrons. The number of aliphatic carboxylic acids is 2. The van der Waals surface area contributed by atoms with E-state index in [0.29, 0.717) is 6.61 Å². The average molecular weight is 307 g/mol. The topological polar surface area (TPSA) is 153 Å². The van der Waals surface area contributed by atoms with Crippen LogP contribution in [0.4, 0.5) is 0 Å². The molecule has 122 valence electrons. The van der Waals surface area contributed by atoms with Gasteiger partial charge in [-0.3, -0.25) is 4.79 Å². The van der Waals surface area contributed by atoms with Gasteiger partial charge in [-0.1, -0.05) is 0 Å². The van der Waals surface area contributed by atoms with Crippen LogP contribution in [0, 0.1) is 5.92 Å². The quantitative estimate of drug-likeness (QED) is 0.379. The fraction of sp³-hybridized carbons (Fsp3) is 0.750. The number of hydrogen-bond donors (Lipinski definition) is 5. The van der Waals surface area contributed by atoms with Crippen LogP contribution in [0.2, 0.25) is 0 Å². The summed E-state index contributed by atoms with van der Waals surface area (Å²) in [6, 6.07) is 0. The van der Waals surface area contributed by atoms with Gasteiger partial charge in [0.2, 0.25) is 0 Å². The second kappa shape index (κ2) is 10.1. The number of hydrogen-bond acceptors (Lipinski definition) is 7. The zero-order chi connectivity index (χ0) is 16.4. The third kappa shape index (κ3) is 7.59. The normalized spacial score (nSPS) is 20.4. The Labute approximate surface area is 121 Å². The van der Waals surface area contributed by atoms with Crippen LogP contribution in [0.15, 0.2) is 0 Å². The summed E-state index contributed by atoms with van der Waals surface area (Å²) in [5.41, 5.74) is 0. The van der Waals surface area contributed by atoms with E-state index in [4.69, 9.17) is 25.2 Å². The van der Waals surface area contributed by atoms with Gasteiger partial charge in [-0.2, -0.15) is 0 Å². The summed E-state index contributed by atoms with van der Waals surface area (Å²) in [5, 5.41) is 35.7. The highest BCUT2D eigenvalue weighted by molar-refractivity contribution is 5.83. The number of ether oxygens (including phenoxy) is 1. The van der Waals surface area contributed by atoms with Crippen molar-refractivity contribution >= 4 is 17.9 Å². The van der Waals surface area contributed by atoms with E-state index in [1.54, 1.807) is 0 Å². The molecule has 0 spiro atoms. The third-order valence-electron chi connectivity index (χ3n) is 2.72. The predicted octanol–water partition coefficient (Wildman–Crippen LogP) is -1.57. The van der Waals surface area contributed by atoms with Crippen LogP contribution in [0.3, 0.4) is 0 Å². The van der Waals surface area contributed by atoms with E-state index < -0.39 is 24.1 Å². The first kappa shape index (κ1) is 19.3. The van der Waals surface area contributed by atoms with Crippen molar-refractivity contribution in [3.05, 3.63) is 0 Å². The number of carboxylic acid groups (broad SMARTS) is 2. The van der Waals surface area contributed by atoms with Gasteiger partial charge < -0.3 is 30.5 Å². The smallest absolute Gasteiger partial charge is 0.335 e.